The average Bonchev–Trinajstić information content (AvgIpc) is 3.34. The third-order valence-electron chi connectivity index (χ3n) is 5.94. The molecule has 1 saturated carbocycles. The summed E-state index contributed by atoms with van der Waals surface area (Å²) in [5, 5.41) is 4.20. The van der Waals surface area contributed by atoms with Crippen molar-refractivity contribution in [2.75, 3.05) is 14.2 Å². The minimum atomic E-state index is -0.108. The van der Waals surface area contributed by atoms with Crippen LogP contribution in [0.25, 0.3) is 0 Å². The number of rotatable bonds is 6. The van der Waals surface area contributed by atoms with Crippen LogP contribution in [0.5, 0.6) is 11.5 Å². The number of aliphatic imine (C=N–C) groups is 1. The number of ether oxygens (including phenoxy) is 2. The van der Waals surface area contributed by atoms with Crippen LogP contribution in [0.4, 0.5) is 0 Å². The molecule has 2 aromatic rings. The summed E-state index contributed by atoms with van der Waals surface area (Å²) in [4.78, 5) is 7.31. The van der Waals surface area contributed by atoms with Crippen LogP contribution in [-0.2, 0) is 13.1 Å². The van der Waals surface area contributed by atoms with Crippen LogP contribution >= 0.6 is 12.2 Å². The molecule has 1 saturated heterocycles. The molecule has 5 nitrogen and oxygen atoms in total. The molecule has 152 valence electrons. The number of thiocarbonyl (C=S) groups is 1. The zero-order valence-electron chi connectivity index (χ0n) is 17.0. The number of nitrogens with zero attached hydrogens (tertiary/aromatic N) is 2. The van der Waals surface area contributed by atoms with Crippen LogP contribution in [0.15, 0.2) is 53.5 Å². The molecule has 4 rings (SSSR count). The molecule has 0 aromatic heterocycles. The maximum absolute atomic E-state index is 5.73. The van der Waals surface area contributed by atoms with Gasteiger partial charge in [-0.15, -0.1) is 0 Å². The first-order valence-electron chi connectivity index (χ1n) is 10.0. The number of benzene rings is 2. The van der Waals surface area contributed by atoms with Crippen molar-refractivity contribution in [3.8, 4) is 11.5 Å². The molecular weight excluding hydrogens is 382 g/mol. The van der Waals surface area contributed by atoms with Crippen molar-refractivity contribution in [3.63, 3.8) is 0 Å². The molecule has 1 aliphatic carbocycles. The minimum Gasteiger partial charge on any atom is -0.497 e. The van der Waals surface area contributed by atoms with E-state index in [0.717, 1.165) is 47.4 Å². The molecule has 29 heavy (non-hydrogen) atoms. The van der Waals surface area contributed by atoms with Gasteiger partial charge < -0.3 is 19.7 Å². The fourth-order valence-corrected chi connectivity index (χ4v) is 4.63. The molecule has 2 fully saturated rings. The van der Waals surface area contributed by atoms with E-state index < -0.39 is 0 Å². The average molecular weight is 410 g/mol. The molecule has 2 aliphatic rings. The van der Waals surface area contributed by atoms with Crippen molar-refractivity contribution < 1.29 is 9.47 Å². The van der Waals surface area contributed by atoms with E-state index in [4.69, 9.17) is 26.7 Å². The lowest BCUT2D eigenvalue weighted by Crippen LogP contribution is -2.47. The highest BCUT2D eigenvalue weighted by Gasteiger charge is 2.50. The molecule has 0 radical (unpaired) electrons. The number of methoxy groups -OCH3 is 2. The fraction of sp³-hybridized carbons (Fsp3) is 0.391. The quantitative estimate of drug-likeness (QED) is 0.721. The van der Waals surface area contributed by atoms with Crippen molar-refractivity contribution >= 4 is 23.2 Å². The van der Waals surface area contributed by atoms with E-state index in [1.807, 2.05) is 24.3 Å². The van der Waals surface area contributed by atoms with Gasteiger partial charge in [-0.05, 0) is 60.5 Å². The van der Waals surface area contributed by atoms with Crippen LogP contribution in [-0.4, -0.2) is 35.6 Å². The Bertz CT molecular complexity index is 887. The Morgan fingerprint density at radius 3 is 2.03 bits per heavy atom. The van der Waals surface area contributed by atoms with Gasteiger partial charge in [0.15, 0.2) is 5.11 Å². The van der Waals surface area contributed by atoms with Gasteiger partial charge in [0.05, 0.1) is 20.8 Å². The van der Waals surface area contributed by atoms with Crippen LogP contribution in [0.2, 0.25) is 0 Å². The first-order valence-corrected chi connectivity index (χ1v) is 10.4. The van der Waals surface area contributed by atoms with Crippen molar-refractivity contribution in [1.82, 2.24) is 10.2 Å². The zero-order valence-corrected chi connectivity index (χ0v) is 17.8. The third-order valence-corrected chi connectivity index (χ3v) is 6.26. The highest BCUT2D eigenvalue weighted by Crippen LogP contribution is 2.40. The SMILES string of the molecule is COc1ccc(CN=C2NC(=S)N(Cc3ccc(OC)cc3)C23CCCC3)cc1. The summed E-state index contributed by atoms with van der Waals surface area (Å²) < 4.78 is 10.5. The summed E-state index contributed by atoms with van der Waals surface area (Å²) in [6.07, 6.45) is 4.56. The lowest BCUT2D eigenvalue weighted by atomic mass is 9.94. The summed E-state index contributed by atoms with van der Waals surface area (Å²) in [5.41, 5.74) is 2.27. The van der Waals surface area contributed by atoms with Gasteiger partial charge >= 0.3 is 0 Å². The lowest BCUT2D eigenvalue weighted by molar-refractivity contribution is 0.263. The van der Waals surface area contributed by atoms with Crippen molar-refractivity contribution in [1.29, 1.82) is 0 Å². The standard InChI is InChI=1S/C23H27N3O2S/c1-27-19-9-5-17(6-10-19)15-24-21-23(13-3-4-14-23)26(22(29)25-21)16-18-7-11-20(28-2)12-8-18/h5-12H,3-4,13-16H2,1-2H3,(H,24,25,29). The van der Waals surface area contributed by atoms with E-state index in [2.05, 4.69) is 34.5 Å². The van der Waals surface area contributed by atoms with Gasteiger partial charge in [-0.3, -0.25) is 4.99 Å². The second-order valence-electron chi connectivity index (χ2n) is 7.62. The Hall–Kier alpha value is -2.60. The fourth-order valence-electron chi connectivity index (χ4n) is 4.30. The molecule has 1 spiro atoms. The molecule has 0 bridgehead atoms. The second-order valence-corrected chi connectivity index (χ2v) is 8.00. The lowest BCUT2D eigenvalue weighted by Gasteiger charge is -2.34. The predicted molar refractivity (Wildman–Crippen MR) is 120 cm³/mol. The van der Waals surface area contributed by atoms with Gasteiger partial charge in [-0.2, -0.15) is 0 Å². The molecule has 1 aliphatic heterocycles. The van der Waals surface area contributed by atoms with E-state index in [0.29, 0.717) is 6.54 Å². The second kappa shape index (κ2) is 8.41. The van der Waals surface area contributed by atoms with Gasteiger partial charge in [0.2, 0.25) is 0 Å². The van der Waals surface area contributed by atoms with Gasteiger partial charge in [-0.25, -0.2) is 0 Å². The number of hydrogen-bond donors (Lipinski definition) is 1. The topological polar surface area (TPSA) is 46.1 Å². The zero-order chi connectivity index (χ0) is 20.3. The number of hydrogen-bond acceptors (Lipinski definition) is 4. The van der Waals surface area contributed by atoms with Gasteiger partial charge in [-0.1, -0.05) is 37.1 Å². The first kappa shape index (κ1) is 19.7. The van der Waals surface area contributed by atoms with Crippen molar-refractivity contribution in [3.05, 3.63) is 59.7 Å². The Morgan fingerprint density at radius 2 is 1.48 bits per heavy atom. The molecule has 6 heteroatoms. The highest BCUT2D eigenvalue weighted by molar-refractivity contribution is 7.80. The molecule has 0 amide bonds. The Balaban J connectivity index is 1.55. The molecule has 2 aromatic carbocycles. The molecular formula is C23H27N3O2S. The summed E-state index contributed by atoms with van der Waals surface area (Å²) >= 11 is 5.73. The summed E-state index contributed by atoms with van der Waals surface area (Å²) in [6.45, 7) is 1.41. The normalized spacial score (nSPS) is 19.0. The van der Waals surface area contributed by atoms with Crippen LogP contribution in [0.3, 0.4) is 0 Å². The number of nitrogens with one attached hydrogen (secondary N) is 1. The van der Waals surface area contributed by atoms with E-state index in [-0.39, 0.29) is 5.54 Å². The Morgan fingerprint density at radius 1 is 0.931 bits per heavy atom. The molecule has 1 N–H and O–H groups in total. The summed E-state index contributed by atoms with van der Waals surface area (Å²) in [6, 6.07) is 16.3. The smallest absolute Gasteiger partial charge is 0.175 e. The third kappa shape index (κ3) is 3.94. The van der Waals surface area contributed by atoms with Gasteiger partial charge in [0, 0.05) is 6.54 Å². The van der Waals surface area contributed by atoms with E-state index in [1.165, 1.54) is 18.4 Å². The van der Waals surface area contributed by atoms with Gasteiger partial charge in [0.25, 0.3) is 0 Å². The Kier molecular flexibility index (Phi) is 5.72. The maximum Gasteiger partial charge on any atom is 0.175 e. The van der Waals surface area contributed by atoms with E-state index >= 15 is 0 Å². The van der Waals surface area contributed by atoms with Crippen molar-refractivity contribution in [2.45, 2.75) is 44.3 Å². The molecule has 0 atom stereocenters. The summed E-state index contributed by atoms with van der Waals surface area (Å²) in [5.74, 6) is 2.75. The molecule has 0 unspecified atom stereocenters. The maximum atomic E-state index is 5.73. The Labute approximate surface area is 177 Å². The molecule has 1 heterocycles. The largest absolute Gasteiger partial charge is 0.497 e. The monoisotopic (exact) mass is 409 g/mol. The van der Waals surface area contributed by atoms with E-state index in [1.54, 1.807) is 14.2 Å². The predicted octanol–water partition coefficient (Wildman–Crippen LogP) is 4.31. The minimum absolute atomic E-state index is 0.108. The van der Waals surface area contributed by atoms with E-state index in [9.17, 15) is 0 Å². The first-order chi connectivity index (χ1) is 14.1. The van der Waals surface area contributed by atoms with Gasteiger partial charge in [0.1, 0.15) is 22.9 Å². The summed E-state index contributed by atoms with van der Waals surface area (Å²) in [7, 11) is 3.37. The van der Waals surface area contributed by atoms with Crippen LogP contribution in [0.1, 0.15) is 36.8 Å². The highest BCUT2D eigenvalue weighted by atomic mass is 32.1. The van der Waals surface area contributed by atoms with Crippen LogP contribution < -0.4 is 14.8 Å². The number of amidine groups is 1. The van der Waals surface area contributed by atoms with Crippen molar-refractivity contribution in [2.24, 2.45) is 4.99 Å². The van der Waals surface area contributed by atoms with Crippen LogP contribution in [0, 0.1) is 0 Å².